The summed E-state index contributed by atoms with van der Waals surface area (Å²) in [4.78, 5) is 25.0. The van der Waals surface area contributed by atoms with E-state index in [4.69, 9.17) is 5.11 Å². The molecule has 0 spiro atoms. The van der Waals surface area contributed by atoms with Crippen LogP contribution in [0.4, 0.5) is 0 Å². The molecule has 102 valence electrons. The summed E-state index contributed by atoms with van der Waals surface area (Å²) in [6.45, 7) is 1.77. The summed E-state index contributed by atoms with van der Waals surface area (Å²) in [5.41, 5.74) is 0.964. The molecule has 0 saturated heterocycles. The van der Waals surface area contributed by atoms with Crippen molar-refractivity contribution in [1.29, 1.82) is 0 Å². The average Bonchev–Trinajstić information content (AvgIpc) is 3.22. The van der Waals surface area contributed by atoms with Gasteiger partial charge in [0.1, 0.15) is 6.54 Å². The number of carbonyl (C=O) groups excluding carboxylic acids is 1. The lowest BCUT2D eigenvalue weighted by molar-refractivity contribution is -0.145. The smallest absolute Gasteiger partial charge is 0.323 e. The van der Waals surface area contributed by atoms with E-state index in [1.54, 1.807) is 0 Å². The van der Waals surface area contributed by atoms with E-state index in [0.717, 1.165) is 18.4 Å². The number of carboxylic acid groups (broad SMARTS) is 1. The number of nitrogens with zero attached hydrogens (tertiary/aromatic N) is 1. The Kier molecular flexibility index (Phi) is 4.20. The summed E-state index contributed by atoms with van der Waals surface area (Å²) < 4.78 is 0. The highest BCUT2D eigenvalue weighted by atomic mass is 16.4. The molecular weight excluding hydrogens is 242 g/mol. The third-order valence-corrected chi connectivity index (χ3v) is 3.48. The second-order valence-corrected chi connectivity index (χ2v) is 4.96. The van der Waals surface area contributed by atoms with Crippen LogP contribution in [0.25, 0.3) is 0 Å². The highest BCUT2D eigenvalue weighted by Crippen LogP contribution is 2.31. The molecule has 0 radical (unpaired) electrons. The van der Waals surface area contributed by atoms with Crippen molar-refractivity contribution in [1.82, 2.24) is 4.90 Å². The zero-order valence-corrected chi connectivity index (χ0v) is 11.1. The molecule has 0 bridgehead atoms. The van der Waals surface area contributed by atoms with E-state index in [0.29, 0.717) is 6.42 Å². The van der Waals surface area contributed by atoms with Gasteiger partial charge in [0.15, 0.2) is 0 Å². The van der Waals surface area contributed by atoms with Crippen LogP contribution in [-0.2, 0) is 9.59 Å². The van der Waals surface area contributed by atoms with E-state index in [2.05, 4.69) is 0 Å². The topological polar surface area (TPSA) is 57.6 Å². The number of aliphatic carboxylic acids is 1. The van der Waals surface area contributed by atoms with Crippen LogP contribution in [0, 0.1) is 0 Å². The van der Waals surface area contributed by atoms with Crippen LogP contribution in [-0.4, -0.2) is 34.5 Å². The highest BCUT2D eigenvalue weighted by molar-refractivity contribution is 5.87. The molecule has 1 saturated carbocycles. The van der Waals surface area contributed by atoms with Crippen LogP contribution in [0.5, 0.6) is 0 Å². The van der Waals surface area contributed by atoms with Gasteiger partial charge in [-0.05, 0) is 24.8 Å². The Morgan fingerprint density at radius 2 is 1.95 bits per heavy atom. The number of benzene rings is 1. The van der Waals surface area contributed by atoms with Crippen LogP contribution in [0.1, 0.15) is 37.7 Å². The van der Waals surface area contributed by atoms with Crippen molar-refractivity contribution in [2.24, 2.45) is 0 Å². The summed E-state index contributed by atoms with van der Waals surface area (Å²) in [5, 5.41) is 8.94. The molecule has 1 amide bonds. The minimum absolute atomic E-state index is 0.0569. The van der Waals surface area contributed by atoms with Gasteiger partial charge in [-0.15, -0.1) is 0 Å². The number of rotatable bonds is 6. The maximum atomic E-state index is 12.6. The Morgan fingerprint density at radius 3 is 2.42 bits per heavy atom. The molecule has 0 heterocycles. The summed E-state index contributed by atoms with van der Waals surface area (Å²) in [7, 11) is 0. The minimum Gasteiger partial charge on any atom is -0.480 e. The van der Waals surface area contributed by atoms with E-state index < -0.39 is 5.97 Å². The van der Waals surface area contributed by atoms with Crippen LogP contribution < -0.4 is 0 Å². The van der Waals surface area contributed by atoms with E-state index >= 15 is 0 Å². The van der Waals surface area contributed by atoms with Gasteiger partial charge in [-0.25, -0.2) is 0 Å². The standard InChI is InChI=1S/C15H19NO3/c1-2-13(11-6-4-3-5-7-11)15(19)16(10-14(17)18)12-8-9-12/h3-7,12-13H,2,8-10H2,1H3,(H,17,18). The SMILES string of the molecule is CCC(C(=O)N(CC(=O)O)C1CC1)c1ccccc1. The van der Waals surface area contributed by atoms with Gasteiger partial charge in [0, 0.05) is 6.04 Å². The number of hydrogen-bond acceptors (Lipinski definition) is 2. The molecule has 0 aromatic heterocycles. The molecule has 1 aromatic carbocycles. The number of carboxylic acids is 1. The summed E-state index contributed by atoms with van der Waals surface area (Å²) in [6, 6.07) is 9.71. The third-order valence-electron chi connectivity index (χ3n) is 3.48. The Balaban J connectivity index is 2.16. The first kappa shape index (κ1) is 13.6. The Labute approximate surface area is 113 Å². The zero-order valence-electron chi connectivity index (χ0n) is 11.1. The van der Waals surface area contributed by atoms with Crippen molar-refractivity contribution in [2.45, 2.75) is 38.1 Å². The molecule has 1 unspecified atom stereocenters. The molecule has 1 atom stereocenters. The van der Waals surface area contributed by atoms with Gasteiger partial charge < -0.3 is 10.0 Å². The lowest BCUT2D eigenvalue weighted by Gasteiger charge is -2.25. The minimum atomic E-state index is -0.942. The highest BCUT2D eigenvalue weighted by Gasteiger charge is 2.36. The maximum Gasteiger partial charge on any atom is 0.323 e. The fourth-order valence-electron chi connectivity index (χ4n) is 2.36. The first-order valence-corrected chi connectivity index (χ1v) is 6.70. The van der Waals surface area contributed by atoms with E-state index in [1.165, 1.54) is 4.90 Å². The van der Waals surface area contributed by atoms with Gasteiger partial charge in [0.05, 0.1) is 5.92 Å². The Bertz CT molecular complexity index is 454. The zero-order chi connectivity index (χ0) is 13.8. The molecule has 4 nitrogen and oxygen atoms in total. The Hall–Kier alpha value is -1.84. The maximum absolute atomic E-state index is 12.6. The van der Waals surface area contributed by atoms with Gasteiger partial charge in [-0.2, -0.15) is 0 Å². The lowest BCUT2D eigenvalue weighted by atomic mass is 9.95. The van der Waals surface area contributed by atoms with Crippen molar-refractivity contribution >= 4 is 11.9 Å². The molecule has 1 N–H and O–H groups in total. The molecule has 1 aliphatic rings. The van der Waals surface area contributed by atoms with Gasteiger partial charge in [-0.1, -0.05) is 37.3 Å². The molecule has 1 aromatic rings. The van der Waals surface area contributed by atoms with Crippen molar-refractivity contribution in [3.63, 3.8) is 0 Å². The molecule has 4 heteroatoms. The molecule has 0 aliphatic heterocycles. The van der Waals surface area contributed by atoms with Crippen LogP contribution in [0.3, 0.4) is 0 Å². The van der Waals surface area contributed by atoms with Crippen LogP contribution in [0.15, 0.2) is 30.3 Å². The first-order valence-electron chi connectivity index (χ1n) is 6.70. The summed E-state index contributed by atoms with van der Waals surface area (Å²) in [6.07, 6.45) is 2.53. The van der Waals surface area contributed by atoms with E-state index in [1.807, 2.05) is 37.3 Å². The van der Waals surface area contributed by atoms with Crippen molar-refractivity contribution < 1.29 is 14.7 Å². The lowest BCUT2D eigenvalue weighted by Crippen LogP contribution is -2.40. The van der Waals surface area contributed by atoms with Crippen molar-refractivity contribution in [2.75, 3.05) is 6.54 Å². The van der Waals surface area contributed by atoms with E-state index in [9.17, 15) is 9.59 Å². The molecular formula is C15H19NO3. The summed E-state index contributed by atoms with van der Waals surface area (Å²) >= 11 is 0. The fraction of sp³-hybridized carbons (Fsp3) is 0.467. The molecule has 19 heavy (non-hydrogen) atoms. The number of carbonyl (C=O) groups is 2. The molecule has 1 aliphatic carbocycles. The molecule has 1 fully saturated rings. The third kappa shape index (κ3) is 3.34. The average molecular weight is 261 g/mol. The van der Waals surface area contributed by atoms with Gasteiger partial charge >= 0.3 is 5.97 Å². The predicted octanol–water partition coefficient (Wildman–Crippen LogP) is 2.26. The van der Waals surface area contributed by atoms with Gasteiger partial charge in [-0.3, -0.25) is 9.59 Å². The van der Waals surface area contributed by atoms with Crippen LogP contribution in [0.2, 0.25) is 0 Å². The number of hydrogen-bond donors (Lipinski definition) is 1. The van der Waals surface area contributed by atoms with E-state index in [-0.39, 0.29) is 24.4 Å². The number of amides is 1. The normalized spacial score (nSPS) is 15.8. The largest absolute Gasteiger partial charge is 0.480 e. The quantitative estimate of drug-likeness (QED) is 0.854. The first-order chi connectivity index (χ1) is 9.13. The van der Waals surface area contributed by atoms with Crippen molar-refractivity contribution in [3.8, 4) is 0 Å². The second-order valence-electron chi connectivity index (χ2n) is 4.96. The Morgan fingerprint density at radius 1 is 1.32 bits per heavy atom. The van der Waals surface area contributed by atoms with Gasteiger partial charge in [0.2, 0.25) is 5.91 Å². The fourth-order valence-corrected chi connectivity index (χ4v) is 2.36. The monoisotopic (exact) mass is 261 g/mol. The summed E-state index contributed by atoms with van der Waals surface area (Å²) in [5.74, 6) is -1.23. The van der Waals surface area contributed by atoms with Crippen molar-refractivity contribution in [3.05, 3.63) is 35.9 Å². The predicted molar refractivity (Wildman–Crippen MR) is 71.8 cm³/mol. The molecule has 2 rings (SSSR count). The second kappa shape index (κ2) is 5.87. The van der Waals surface area contributed by atoms with Gasteiger partial charge in [0.25, 0.3) is 0 Å². The van der Waals surface area contributed by atoms with Crippen LogP contribution >= 0.6 is 0 Å².